The highest BCUT2D eigenvalue weighted by atomic mass is 15.3. The van der Waals surface area contributed by atoms with Gasteiger partial charge in [0.1, 0.15) is 0 Å². The van der Waals surface area contributed by atoms with Crippen molar-refractivity contribution in [3.8, 4) is 0 Å². The molecular formula is C69H142N+. The highest BCUT2D eigenvalue weighted by Gasteiger charge is 2.26. The van der Waals surface area contributed by atoms with E-state index in [1.165, 1.54) is 422 Å². The highest BCUT2D eigenvalue weighted by molar-refractivity contribution is 4.58. The summed E-state index contributed by atoms with van der Waals surface area (Å²) in [6, 6.07) is 0. The van der Waals surface area contributed by atoms with Gasteiger partial charge < -0.3 is 4.48 Å². The van der Waals surface area contributed by atoms with Crippen LogP contribution in [-0.4, -0.2) is 30.7 Å². The van der Waals surface area contributed by atoms with Crippen LogP contribution >= 0.6 is 0 Å². The quantitative estimate of drug-likeness (QED) is 0.0421. The van der Waals surface area contributed by atoms with Crippen LogP contribution in [0.5, 0.6) is 0 Å². The van der Waals surface area contributed by atoms with Crippen molar-refractivity contribution < 1.29 is 4.48 Å². The van der Waals surface area contributed by atoms with Crippen LogP contribution in [0.25, 0.3) is 0 Å². The van der Waals surface area contributed by atoms with Gasteiger partial charge in [0.05, 0.1) is 26.2 Å². The van der Waals surface area contributed by atoms with Crippen molar-refractivity contribution in [3.63, 3.8) is 0 Å². The fraction of sp³-hybridized carbons (Fsp3) is 1.00. The fourth-order valence-corrected chi connectivity index (χ4v) is 12.1. The molecule has 0 saturated carbocycles. The van der Waals surface area contributed by atoms with E-state index in [9.17, 15) is 0 Å². The van der Waals surface area contributed by atoms with Crippen LogP contribution in [0.4, 0.5) is 0 Å². The van der Waals surface area contributed by atoms with Gasteiger partial charge in [-0.1, -0.05) is 368 Å². The maximum atomic E-state index is 2.35. The second kappa shape index (κ2) is 63.3. The van der Waals surface area contributed by atoms with E-state index in [0.717, 1.165) is 0 Å². The molecule has 0 aliphatic rings. The minimum absolute atomic E-state index is 1.37. The van der Waals surface area contributed by atoms with Gasteiger partial charge >= 0.3 is 0 Å². The Bertz CT molecular complexity index is 786. The van der Waals surface area contributed by atoms with Crippen molar-refractivity contribution in [2.75, 3.05) is 26.2 Å². The van der Waals surface area contributed by atoms with E-state index < -0.39 is 0 Å². The summed E-state index contributed by atoms with van der Waals surface area (Å²) in [7, 11) is 0. The van der Waals surface area contributed by atoms with Gasteiger partial charge in [0, 0.05) is 0 Å². The van der Waals surface area contributed by atoms with E-state index in [1.807, 2.05) is 0 Å². The molecule has 0 fully saturated rings. The third-order valence-corrected chi connectivity index (χ3v) is 17.2. The SMILES string of the molecule is CCCCCCCCCCCCCCCCCCC[N+](CCCCCCCCCCCC)(CCCCCCCCCCCCCCCCCCC)CCCCCCCCCCCCCCCCCCC. The van der Waals surface area contributed by atoms with Gasteiger partial charge in [0.15, 0.2) is 0 Å². The van der Waals surface area contributed by atoms with Gasteiger partial charge in [0.2, 0.25) is 0 Å². The molecule has 0 saturated heterocycles. The molecule has 0 aromatic heterocycles. The largest absolute Gasteiger partial charge is 0.324 e. The summed E-state index contributed by atoms with van der Waals surface area (Å²) in [5.74, 6) is 0. The van der Waals surface area contributed by atoms with Crippen LogP contribution in [0.3, 0.4) is 0 Å². The number of nitrogens with zero attached hydrogens (tertiary/aromatic N) is 1. The van der Waals surface area contributed by atoms with Crippen LogP contribution in [0.2, 0.25) is 0 Å². The highest BCUT2D eigenvalue weighted by Crippen LogP contribution is 2.23. The Morgan fingerprint density at radius 3 is 0.300 bits per heavy atom. The van der Waals surface area contributed by atoms with Crippen molar-refractivity contribution >= 4 is 0 Å². The van der Waals surface area contributed by atoms with Crippen molar-refractivity contribution in [1.82, 2.24) is 0 Å². The number of hydrogen-bond acceptors (Lipinski definition) is 0. The summed E-state index contributed by atoms with van der Waals surface area (Å²) in [5.41, 5.74) is 0. The lowest BCUT2D eigenvalue weighted by Crippen LogP contribution is -2.50. The van der Waals surface area contributed by atoms with Crippen molar-refractivity contribution in [3.05, 3.63) is 0 Å². The molecule has 1 nitrogen and oxygen atoms in total. The van der Waals surface area contributed by atoms with Gasteiger partial charge in [-0.25, -0.2) is 0 Å². The summed E-state index contributed by atoms with van der Waals surface area (Å²) in [6.07, 6.45) is 90.2. The molecule has 70 heavy (non-hydrogen) atoms. The molecule has 0 aliphatic heterocycles. The second-order valence-electron chi connectivity index (χ2n) is 24.4. The molecular weight excluding hydrogens is 843 g/mol. The maximum absolute atomic E-state index is 2.35. The first kappa shape index (κ1) is 70.0. The predicted molar refractivity (Wildman–Crippen MR) is 324 cm³/mol. The van der Waals surface area contributed by atoms with Crippen molar-refractivity contribution in [2.24, 2.45) is 0 Å². The molecule has 0 aromatic rings. The third kappa shape index (κ3) is 57.2. The molecule has 422 valence electrons. The molecule has 0 aliphatic carbocycles. The number of quaternary nitrogens is 1. The number of unbranched alkanes of at least 4 members (excludes halogenated alkanes) is 57. The summed E-state index contributed by atoms with van der Waals surface area (Å²) in [6.45, 7) is 15.3. The zero-order valence-corrected chi connectivity index (χ0v) is 50.4. The Morgan fingerprint density at radius 2 is 0.200 bits per heavy atom. The minimum Gasteiger partial charge on any atom is -0.324 e. The van der Waals surface area contributed by atoms with E-state index in [2.05, 4.69) is 27.7 Å². The molecule has 0 rings (SSSR count). The molecule has 0 radical (unpaired) electrons. The third-order valence-electron chi connectivity index (χ3n) is 17.2. The average Bonchev–Trinajstić information content (AvgIpc) is 3.37. The Kier molecular flexibility index (Phi) is 63.2. The molecule has 0 amide bonds. The van der Waals surface area contributed by atoms with Crippen LogP contribution in [-0.2, 0) is 0 Å². The topological polar surface area (TPSA) is 0 Å². The van der Waals surface area contributed by atoms with Gasteiger partial charge in [-0.05, 0) is 51.4 Å². The van der Waals surface area contributed by atoms with Crippen LogP contribution in [0.1, 0.15) is 419 Å². The summed E-state index contributed by atoms with van der Waals surface area (Å²) in [5, 5.41) is 0. The zero-order chi connectivity index (χ0) is 50.5. The lowest BCUT2D eigenvalue weighted by atomic mass is 10.0. The van der Waals surface area contributed by atoms with E-state index in [0.29, 0.717) is 0 Å². The second-order valence-corrected chi connectivity index (χ2v) is 24.4. The Hall–Kier alpha value is -0.0400. The van der Waals surface area contributed by atoms with Crippen LogP contribution < -0.4 is 0 Å². The predicted octanol–water partition coefficient (Wildman–Crippen LogP) is 25.7. The van der Waals surface area contributed by atoms with Crippen molar-refractivity contribution in [1.29, 1.82) is 0 Å². The normalized spacial score (nSPS) is 12.0. The van der Waals surface area contributed by atoms with Gasteiger partial charge in [-0.3, -0.25) is 0 Å². The standard InChI is InChI=1S/C69H142N/c1-5-9-13-17-21-25-29-32-35-38-41-44-47-51-55-59-63-67-70(66-62-58-54-50-28-24-20-16-12-8-4,68-64-60-56-52-48-45-42-39-36-33-30-26-22-18-14-10-6-2)69-65-61-57-53-49-46-43-40-37-34-31-27-23-19-15-11-7-3/h5-69H2,1-4H3/q+1. The molecule has 0 heterocycles. The summed E-state index contributed by atoms with van der Waals surface area (Å²) in [4.78, 5) is 0. The smallest absolute Gasteiger partial charge is 0.0786 e. The molecule has 0 N–H and O–H groups in total. The number of hydrogen-bond donors (Lipinski definition) is 0. The van der Waals surface area contributed by atoms with E-state index in [4.69, 9.17) is 0 Å². The monoisotopic (exact) mass is 985 g/mol. The van der Waals surface area contributed by atoms with Crippen molar-refractivity contribution in [2.45, 2.75) is 419 Å². The van der Waals surface area contributed by atoms with Gasteiger partial charge in [-0.15, -0.1) is 0 Å². The summed E-state index contributed by atoms with van der Waals surface area (Å²) >= 11 is 0. The molecule has 0 spiro atoms. The van der Waals surface area contributed by atoms with Gasteiger partial charge in [0.25, 0.3) is 0 Å². The van der Waals surface area contributed by atoms with E-state index >= 15 is 0 Å². The number of rotatable bonds is 65. The van der Waals surface area contributed by atoms with E-state index in [1.54, 1.807) is 0 Å². The first-order valence-electron chi connectivity index (χ1n) is 34.6. The lowest BCUT2D eigenvalue weighted by molar-refractivity contribution is -0.929. The Labute approximate surface area is 448 Å². The molecule has 1 heteroatoms. The Morgan fingerprint density at radius 1 is 0.114 bits per heavy atom. The first-order valence-corrected chi connectivity index (χ1v) is 34.6. The molecule has 0 aromatic carbocycles. The van der Waals surface area contributed by atoms with Crippen LogP contribution in [0, 0.1) is 0 Å². The molecule has 0 bridgehead atoms. The maximum Gasteiger partial charge on any atom is 0.0786 e. The van der Waals surface area contributed by atoms with Crippen LogP contribution in [0.15, 0.2) is 0 Å². The summed E-state index contributed by atoms with van der Waals surface area (Å²) < 4.78 is 1.49. The first-order chi connectivity index (χ1) is 34.7. The molecule has 0 atom stereocenters. The molecule has 0 unspecified atom stereocenters. The minimum atomic E-state index is 1.37. The lowest BCUT2D eigenvalue weighted by Gasteiger charge is -2.40. The Balaban J connectivity index is 4.86. The van der Waals surface area contributed by atoms with Gasteiger partial charge in [-0.2, -0.15) is 0 Å². The average molecular weight is 986 g/mol. The van der Waals surface area contributed by atoms with E-state index in [-0.39, 0.29) is 0 Å². The fourth-order valence-electron chi connectivity index (χ4n) is 12.1. The zero-order valence-electron chi connectivity index (χ0n) is 50.4.